The van der Waals surface area contributed by atoms with Crippen molar-refractivity contribution in [3.63, 3.8) is 0 Å². The molecule has 1 fully saturated rings. The van der Waals surface area contributed by atoms with Gasteiger partial charge in [0.05, 0.1) is 19.3 Å². The highest BCUT2D eigenvalue weighted by Gasteiger charge is 2.25. The molecule has 0 spiro atoms. The van der Waals surface area contributed by atoms with Crippen molar-refractivity contribution >= 4 is 5.91 Å². The summed E-state index contributed by atoms with van der Waals surface area (Å²) >= 11 is 0. The summed E-state index contributed by atoms with van der Waals surface area (Å²) < 4.78 is 4.99. The molecular weight excluding hydrogens is 178 g/mol. The van der Waals surface area contributed by atoms with E-state index in [9.17, 15) is 4.79 Å². The van der Waals surface area contributed by atoms with Crippen LogP contribution in [0.5, 0.6) is 0 Å². The van der Waals surface area contributed by atoms with Gasteiger partial charge < -0.3 is 10.1 Å². The van der Waals surface area contributed by atoms with E-state index < -0.39 is 0 Å². The minimum Gasteiger partial charge on any atom is -0.377 e. The summed E-state index contributed by atoms with van der Waals surface area (Å²) in [6, 6.07) is 0.259. The molecule has 1 aliphatic heterocycles. The Balaban J connectivity index is 2.25. The van der Waals surface area contributed by atoms with Gasteiger partial charge in [-0.15, -0.1) is 0 Å². The van der Waals surface area contributed by atoms with Gasteiger partial charge in [-0.2, -0.15) is 0 Å². The third kappa shape index (κ3) is 3.29. The lowest BCUT2D eigenvalue weighted by Crippen LogP contribution is -2.49. The molecule has 82 valence electrons. The van der Waals surface area contributed by atoms with E-state index in [0.717, 1.165) is 0 Å². The molecule has 1 rings (SSSR count). The van der Waals surface area contributed by atoms with Crippen LogP contribution in [0, 0.1) is 11.3 Å². The standard InChI is InChI=1S/C11H21NO2/c1-8(11(2,3)4)5-10(13)12-9-6-14-7-9/h8-9H,5-7H2,1-4H3,(H,12,13). The van der Waals surface area contributed by atoms with Gasteiger partial charge >= 0.3 is 0 Å². The smallest absolute Gasteiger partial charge is 0.220 e. The highest BCUT2D eigenvalue weighted by Crippen LogP contribution is 2.27. The van der Waals surface area contributed by atoms with Crippen molar-refractivity contribution in [2.24, 2.45) is 11.3 Å². The number of amides is 1. The summed E-state index contributed by atoms with van der Waals surface area (Å²) in [4.78, 5) is 11.5. The van der Waals surface area contributed by atoms with Gasteiger partial charge in [-0.1, -0.05) is 27.7 Å². The van der Waals surface area contributed by atoms with E-state index in [1.54, 1.807) is 0 Å². The molecule has 1 atom stereocenters. The SMILES string of the molecule is CC(CC(=O)NC1COC1)C(C)(C)C. The molecule has 0 aliphatic carbocycles. The van der Waals surface area contributed by atoms with Crippen LogP contribution in [0.1, 0.15) is 34.1 Å². The topological polar surface area (TPSA) is 38.3 Å². The summed E-state index contributed by atoms with van der Waals surface area (Å²) in [6.07, 6.45) is 0.611. The second-order valence-corrected chi connectivity index (χ2v) is 5.27. The minimum atomic E-state index is 0.153. The highest BCUT2D eigenvalue weighted by molar-refractivity contribution is 5.76. The van der Waals surface area contributed by atoms with E-state index in [0.29, 0.717) is 25.6 Å². The van der Waals surface area contributed by atoms with Gasteiger partial charge in [0.1, 0.15) is 0 Å². The largest absolute Gasteiger partial charge is 0.377 e. The number of rotatable bonds is 3. The molecule has 0 bridgehead atoms. The predicted octanol–water partition coefficient (Wildman–Crippen LogP) is 1.57. The van der Waals surface area contributed by atoms with Crippen LogP contribution in [-0.2, 0) is 9.53 Å². The average molecular weight is 199 g/mol. The lowest BCUT2D eigenvalue weighted by Gasteiger charge is -2.30. The number of hydrogen-bond acceptors (Lipinski definition) is 2. The van der Waals surface area contributed by atoms with Crippen LogP contribution in [0.2, 0.25) is 0 Å². The fourth-order valence-corrected chi connectivity index (χ4v) is 1.19. The third-order valence-corrected chi connectivity index (χ3v) is 2.97. The van der Waals surface area contributed by atoms with Crippen LogP contribution < -0.4 is 5.32 Å². The zero-order valence-corrected chi connectivity index (χ0v) is 9.59. The summed E-state index contributed by atoms with van der Waals surface area (Å²) in [5.74, 6) is 0.559. The Bertz CT molecular complexity index is 204. The van der Waals surface area contributed by atoms with Gasteiger partial charge in [0.25, 0.3) is 0 Å². The van der Waals surface area contributed by atoms with E-state index in [2.05, 4.69) is 33.0 Å². The summed E-state index contributed by atoms with van der Waals surface area (Å²) in [6.45, 7) is 9.97. The van der Waals surface area contributed by atoms with E-state index in [1.165, 1.54) is 0 Å². The predicted molar refractivity (Wildman–Crippen MR) is 56.0 cm³/mol. The maximum absolute atomic E-state index is 11.5. The molecule has 0 aromatic rings. The molecule has 1 unspecified atom stereocenters. The molecule has 1 aliphatic rings. The normalized spacial score (nSPS) is 20.0. The molecule has 3 nitrogen and oxygen atoms in total. The second kappa shape index (κ2) is 4.30. The lowest BCUT2D eigenvalue weighted by molar-refractivity contribution is -0.126. The van der Waals surface area contributed by atoms with Crippen LogP contribution in [0.25, 0.3) is 0 Å². The number of carbonyl (C=O) groups is 1. The Labute approximate surface area is 86.2 Å². The van der Waals surface area contributed by atoms with E-state index >= 15 is 0 Å². The van der Waals surface area contributed by atoms with E-state index in [4.69, 9.17) is 4.74 Å². The number of ether oxygens (including phenoxy) is 1. The quantitative estimate of drug-likeness (QED) is 0.749. The number of hydrogen-bond donors (Lipinski definition) is 1. The lowest BCUT2D eigenvalue weighted by atomic mass is 9.80. The molecule has 1 heterocycles. The molecule has 0 aromatic heterocycles. The van der Waals surface area contributed by atoms with Crippen LogP contribution in [0.15, 0.2) is 0 Å². The fourth-order valence-electron chi connectivity index (χ4n) is 1.19. The maximum atomic E-state index is 11.5. The molecule has 1 saturated heterocycles. The molecule has 1 N–H and O–H groups in total. The Morgan fingerprint density at radius 3 is 2.43 bits per heavy atom. The summed E-state index contributed by atoms with van der Waals surface area (Å²) in [7, 11) is 0. The van der Waals surface area contributed by atoms with Crippen molar-refractivity contribution < 1.29 is 9.53 Å². The maximum Gasteiger partial charge on any atom is 0.220 e. The van der Waals surface area contributed by atoms with Crippen molar-refractivity contribution in [3.05, 3.63) is 0 Å². The molecule has 0 saturated carbocycles. The first-order valence-corrected chi connectivity index (χ1v) is 5.26. The molecular formula is C11H21NO2. The second-order valence-electron chi connectivity index (χ2n) is 5.27. The van der Waals surface area contributed by atoms with Crippen molar-refractivity contribution in [3.8, 4) is 0 Å². The Morgan fingerprint density at radius 2 is 2.07 bits per heavy atom. The van der Waals surface area contributed by atoms with E-state index in [1.807, 2.05) is 0 Å². The Hall–Kier alpha value is -0.570. The fraction of sp³-hybridized carbons (Fsp3) is 0.909. The van der Waals surface area contributed by atoms with Gasteiger partial charge in [-0.3, -0.25) is 4.79 Å². The van der Waals surface area contributed by atoms with Crippen molar-refractivity contribution in [1.82, 2.24) is 5.32 Å². The van der Waals surface area contributed by atoms with Gasteiger partial charge in [-0.25, -0.2) is 0 Å². The molecule has 1 amide bonds. The van der Waals surface area contributed by atoms with Crippen LogP contribution in [0.3, 0.4) is 0 Å². The number of nitrogens with one attached hydrogen (secondary N) is 1. The zero-order valence-electron chi connectivity index (χ0n) is 9.59. The van der Waals surface area contributed by atoms with Gasteiger partial charge in [0.2, 0.25) is 5.91 Å². The Kier molecular flexibility index (Phi) is 3.53. The first kappa shape index (κ1) is 11.5. The zero-order chi connectivity index (χ0) is 10.8. The molecule has 3 heteroatoms. The van der Waals surface area contributed by atoms with Crippen LogP contribution in [0.4, 0.5) is 0 Å². The Morgan fingerprint density at radius 1 is 1.50 bits per heavy atom. The first-order chi connectivity index (χ1) is 6.39. The monoisotopic (exact) mass is 199 g/mol. The van der Waals surface area contributed by atoms with Crippen LogP contribution in [-0.4, -0.2) is 25.2 Å². The van der Waals surface area contributed by atoms with Gasteiger partial charge in [-0.05, 0) is 11.3 Å². The van der Waals surface area contributed by atoms with Crippen LogP contribution >= 0.6 is 0 Å². The van der Waals surface area contributed by atoms with Gasteiger partial charge in [0.15, 0.2) is 0 Å². The molecule has 0 aromatic carbocycles. The van der Waals surface area contributed by atoms with Crippen molar-refractivity contribution in [1.29, 1.82) is 0 Å². The first-order valence-electron chi connectivity index (χ1n) is 5.26. The minimum absolute atomic E-state index is 0.153. The summed E-state index contributed by atoms with van der Waals surface area (Å²) in [5, 5.41) is 2.96. The highest BCUT2D eigenvalue weighted by atomic mass is 16.5. The average Bonchev–Trinajstić information content (AvgIpc) is 1.95. The summed E-state index contributed by atoms with van der Waals surface area (Å²) in [5.41, 5.74) is 0.202. The van der Waals surface area contributed by atoms with Gasteiger partial charge in [0, 0.05) is 6.42 Å². The van der Waals surface area contributed by atoms with E-state index in [-0.39, 0.29) is 17.4 Å². The van der Waals surface area contributed by atoms with Crippen molar-refractivity contribution in [2.45, 2.75) is 40.2 Å². The molecule has 0 radical (unpaired) electrons. The van der Waals surface area contributed by atoms with Crippen molar-refractivity contribution in [2.75, 3.05) is 13.2 Å². The molecule has 14 heavy (non-hydrogen) atoms. The number of carbonyl (C=O) groups excluding carboxylic acids is 1. The third-order valence-electron chi connectivity index (χ3n) is 2.97.